The lowest BCUT2D eigenvalue weighted by Crippen LogP contribution is -2.58. The van der Waals surface area contributed by atoms with E-state index in [2.05, 4.69) is 25.9 Å². The molecule has 0 aliphatic carbocycles. The Morgan fingerprint density at radius 1 is 0.897 bits per heavy atom. The fourth-order valence-electron chi connectivity index (χ4n) is 3.82. The minimum Gasteiger partial charge on any atom is -0.426 e. The maximum absolute atomic E-state index is 13.7. The third kappa shape index (κ3) is 9.62. The highest BCUT2D eigenvalue weighted by atomic mass is 16.4. The molecule has 0 saturated carbocycles. The van der Waals surface area contributed by atoms with Crippen LogP contribution in [0.15, 0.2) is 79.1 Å². The van der Waals surface area contributed by atoms with Crippen LogP contribution in [0.5, 0.6) is 0 Å². The van der Waals surface area contributed by atoms with E-state index in [1.165, 1.54) is 18.6 Å². The predicted molar refractivity (Wildman–Crippen MR) is 147 cm³/mol. The van der Waals surface area contributed by atoms with E-state index in [-0.39, 0.29) is 30.0 Å². The highest BCUT2D eigenvalue weighted by Gasteiger charge is 2.32. The van der Waals surface area contributed by atoms with Crippen LogP contribution in [0.2, 0.25) is 0 Å². The van der Waals surface area contributed by atoms with Gasteiger partial charge in [0.15, 0.2) is 0 Å². The number of rotatable bonds is 13. The van der Waals surface area contributed by atoms with E-state index in [0.717, 1.165) is 0 Å². The zero-order valence-electron chi connectivity index (χ0n) is 26.6. The first-order chi connectivity index (χ1) is 20.8. The lowest BCUT2D eigenvalue weighted by Gasteiger charge is -2.26. The summed E-state index contributed by atoms with van der Waals surface area (Å²) in [7, 11) is -1.93. The van der Waals surface area contributed by atoms with E-state index in [4.69, 9.17) is 6.85 Å². The number of nitrogens with zero attached hydrogens (tertiary/aromatic N) is 2. The Kier molecular flexibility index (Phi) is 8.64. The standard InChI is InChI=1S/C28H34BN5O5/c1-19(2)15-25(29(38)39)34-27(36)23(17-21-11-7-4-8-12-21)32-26(35)22(16-20-9-5-3-6-10-20)33-28(37)24-18-30-13-14-31-24/h3-14,18-19,22-23,25,38-39H,15-17H2,1-2H3,(H,32,35)(H,33,37)(H,34,36)/t22-,23-,25+/m0/s1/i4D,7D,8D,11D,12D. The third-order valence-electron chi connectivity index (χ3n) is 5.71. The van der Waals surface area contributed by atoms with Crippen LogP contribution in [-0.4, -0.2) is 62.9 Å². The van der Waals surface area contributed by atoms with Crippen LogP contribution in [0, 0.1) is 5.92 Å². The van der Waals surface area contributed by atoms with Crippen molar-refractivity contribution in [2.24, 2.45) is 5.92 Å². The molecule has 0 aliphatic heterocycles. The minimum atomic E-state index is -1.93. The Labute approximate surface area is 235 Å². The van der Waals surface area contributed by atoms with Gasteiger partial charge in [0.2, 0.25) is 11.8 Å². The molecule has 1 aromatic heterocycles. The van der Waals surface area contributed by atoms with Gasteiger partial charge in [-0.3, -0.25) is 19.4 Å². The zero-order chi connectivity index (χ0) is 32.6. The summed E-state index contributed by atoms with van der Waals surface area (Å²) < 4.78 is 40.5. The molecule has 10 nitrogen and oxygen atoms in total. The number of carbonyl (C=O) groups excluding carboxylic acids is 3. The summed E-state index contributed by atoms with van der Waals surface area (Å²) in [6.07, 6.45) is 3.56. The average molecular weight is 536 g/mol. The lowest BCUT2D eigenvalue weighted by atomic mass is 9.75. The largest absolute Gasteiger partial charge is 0.475 e. The van der Waals surface area contributed by atoms with Crippen molar-refractivity contribution in [1.82, 2.24) is 25.9 Å². The molecule has 3 amide bonds. The van der Waals surface area contributed by atoms with Crippen LogP contribution in [0.25, 0.3) is 0 Å². The normalized spacial score (nSPS) is 14.9. The Bertz CT molecular complexity index is 1440. The fourth-order valence-corrected chi connectivity index (χ4v) is 3.82. The Hall–Kier alpha value is -4.09. The van der Waals surface area contributed by atoms with Crippen molar-refractivity contribution in [2.75, 3.05) is 0 Å². The van der Waals surface area contributed by atoms with Gasteiger partial charge >= 0.3 is 7.12 Å². The van der Waals surface area contributed by atoms with Crippen LogP contribution in [-0.2, 0) is 22.4 Å². The number of nitrogens with one attached hydrogen (secondary N) is 3. The molecule has 0 spiro atoms. The van der Waals surface area contributed by atoms with Crippen molar-refractivity contribution in [1.29, 1.82) is 0 Å². The van der Waals surface area contributed by atoms with E-state index >= 15 is 0 Å². The summed E-state index contributed by atoms with van der Waals surface area (Å²) in [5, 5.41) is 27.4. The van der Waals surface area contributed by atoms with Gasteiger partial charge in [0.1, 0.15) is 17.8 Å². The molecule has 0 radical (unpaired) electrons. The van der Waals surface area contributed by atoms with Gasteiger partial charge in [0, 0.05) is 25.2 Å². The van der Waals surface area contributed by atoms with E-state index in [9.17, 15) is 24.4 Å². The smallest absolute Gasteiger partial charge is 0.426 e. The molecule has 5 N–H and O–H groups in total. The molecule has 39 heavy (non-hydrogen) atoms. The SMILES string of the molecule is [2H]c1c([2H])c([2H])c(C[C@H](NC(=O)[C@H](Cc2ccccc2)NC(=O)c2cnccn2)C(=O)N[C@H](CC(C)C)B(O)O)c([2H])c1[2H]. The minimum absolute atomic E-state index is 0.00695. The van der Waals surface area contributed by atoms with Crippen molar-refractivity contribution in [3.63, 3.8) is 0 Å². The molecule has 0 bridgehead atoms. The van der Waals surface area contributed by atoms with Gasteiger partial charge in [0.25, 0.3) is 5.91 Å². The second-order valence-corrected chi connectivity index (χ2v) is 9.33. The van der Waals surface area contributed by atoms with Gasteiger partial charge in [-0.1, -0.05) is 74.4 Å². The van der Waals surface area contributed by atoms with Crippen molar-refractivity contribution >= 4 is 24.8 Å². The van der Waals surface area contributed by atoms with Crippen molar-refractivity contribution in [3.05, 3.63) is 96.0 Å². The molecule has 0 aliphatic rings. The van der Waals surface area contributed by atoms with Gasteiger partial charge in [-0.2, -0.15) is 0 Å². The molecular weight excluding hydrogens is 497 g/mol. The second kappa shape index (κ2) is 14.7. The lowest BCUT2D eigenvalue weighted by molar-refractivity contribution is -0.130. The summed E-state index contributed by atoms with van der Waals surface area (Å²) >= 11 is 0. The summed E-state index contributed by atoms with van der Waals surface area (Å²) in [6.45, 7) is 3.61. The molecule has 11 heteroatoms. The first-order valence-corrected chi connectivity index (χ1v) is 12.4. The number of amides is 3. The number of hydrogen-bond donors (Lipinski definition) is 5. The molecular formula is C28H34BN5O5. The molecule has 3 atom stereocenters. The quantitative estimate of drug-likeness (QED) is 0.205. The van der Waals surface area contributed by atoms with E-state index in [1.807, 2.05) is 13.8 Å². The summed E-state index contributed by atoms with van der Waals surface area (Å²) in [5.74, 6) is -3.59. The number of carbonyl (C=O) groups is 3. The maximum atomic E-state index is 13.7. The van der Waals surface area contributed by atoms with Crippen molar-refractivity contribution < 1.29 is 31.3 Å². The predicted octanol–water partition coefficient (Wildman–Crippen LogP) is 1.09. The van der Waals surface area contributed by atoms with Crippen LogP contribution in [0.3, 0.4) is 0 Å². The summed E-state index contributed by atoms with van der Waals surface area (Å²) in [6, 6.07) is 3.02. The first-order valence-electron chi connectivity index (χ1n) is 14.9. The molecule has 3 aromatic rings. The van der Waals surface area contributed by atoms with Crippen molar-refractivity contribution in [2.45, 2.75) is 51.1 Å². The Balaban J connectivity index is 1.98. The van der Waals surface area contributed by atoms with Gasteiger partial charge < -0.3 is 26.0 Å². The van der Waals surface area contributed by atoms with E-state index in [0.29, 0.717) is 5.56 Å². The van der Waals surface area contributed by atoms with Crippen LogP contribution < -0.4 is 16.0 Å². The number of aromatic nitrogens is 2. The topological polar surface area (TPSA) is 154 Å². The molecule has 1 heterocycles. The van der Waals surface area contributed by atoms with Crippen LogP contribution in [0.4, 0.5) is 0 Å². The second-order valence-electron chi connectivity index (χ2n) is 9.33. The highest BCUT2D eigenvalue weighted by molar-refractivity contribution is 6.43. The Morgan fingerprint density at radius 2 is 1.54 bits per heavy atom. The summed E-state index contributed by atoms with van der Waals surface area (Å²) in [4.78, 5) is 48.0. The number of hydrogen-bond acceptors (Lipinski definition) is 7. The van der Waals surface area contributed by atoms with Crippen molar-refractivity contribution in [3.8, 4) is 0 Å². The molecule has 0 fully saturated rings. The third-order valence-corrected chi connectivity index (χ3v) is 5.71. The molecule has 204 valence electrons. The van der Waals surface area contributed by atoms with Gasteiger partial charge in [-0.25, -0.2) is 4.98 Å². The van der Waals surface area contributed by atoms with Gasteiger partial charge in [-0.05, 0) is 23.5 Å². The van der Waals surface area contributed by atoms with E-state index < -0.39 is 79.5 Å². The van der Waals surface area contributed by atoms with Gasteiger partial charge in [-0.15, -0.1) is 0 Å². The highest BCUT2D eigenvalue weighted by Crippen LogP contribution is 2.10. The molecule has 2 aromatic carbocycles. The summed E-state index contributed by atoms with van der Waals surface area (Å²) in [5.41, 5.74) is 0.393. The first kappa shape index (κ1) is 22.9. The Morgan fingerprint density at radius 3 is 2.15 bits per heavy atom. The molecule has 0 unspecified atom stereocenters. The van der Waals surface area contributed by atoms with E-state index in [1.54, 1.807) is 30.3 Å². The monoisotopic (exact) mass is 536 g/mol. The molecule has 3 rings (SSSR count). The van der Waals surface area contributed by atoms with Gasteiger partial charge in [0.05, 0.1) is 19.0 Å². The zero-order valence-corrected chi connectivity index (χ0v) is 21.6. The number of benzene rings is 2. The molecule has 0 saturated heterocycles. The average Bonchev–Trinajstić information content (AvgIpc) is 3.00. The van der Waals surface area contributed by atoms with Crippen LogP contribution >= 0.6 is 0 Å². The van der Waals surface area contributed by atoms with Crippen LogP contribution in [0.1, 0.15) is 48.7 Å². The maximum Gasteiger partial charge on any atom is 0.475 e. The fraction of sp³-hybridized carbons (Fsp3) is 0.321.